The second kappa shape index (κ2) is 4.76. The molecule has 0 spiro atoms. The van der Waals surface area contributed by atoms with E-state index in [1.807, 2.05) is 19.1 Å². The quantitative estimate of drug-likeness (QED) is 0.837. The summed E-state index contributed by atoms with van der Waals surface area (Å²) in [5, 5.41) is 0.714. The van der Waals surface area contributed by atoms with Gasteiger partial charge in [0.2, 0.25) is 0 Å². The van der Waals surface area contributed by atoms with Crippen LogP contribution in [0.3, 0.4) is 0 Å². The molecule has 2 nitrogen and oxygen atoms in total. The van der Waals surface area contributed by atoms with E-state index in [4.69, 9.17) is 17.3 Å². The zero-order valence-corrected chi connectivity index (χ0v) is 9.67. The Bertz CT molecular complexity index is 292. The van der Waals surface area contributed by atoms with Gasteiger partial charge < -0.3 is 5.73 Å². The van der Waals surface area contributed by atoms with E-state index in [1.165, 1.54) is 0 Å². The van der Waals surface area contributed by atoms with Crippen LogP contribution in [0.1, 0.15) is 37.7 Å². The molecule has 0 aromatic carbocycles. The van der Waals surface area contributed by atoms with E-state index in [-0.39, 0.29) is 6.04 Å². The number of hydrogen-bond donors (Lipinski definition) is 1. The summed E-state index contributed by atoms with van der Waals surface area (Å²) in [6, 6.07) is 3.68. The van der Waals surface area contributed by atoms with Gasteiger partial charge in [-0.15, -0.1) is 0 Å². The molecule has 0 aliphatic heterocycles. The highest BCUT2D eigenvalue weighted by Gasteiger charge is 2.15. The van der Waals surface area contributed by atoms with Gasteiger partial charge in [-0.3, -0.25) is 4.98 Å². The van der Waals surface area contributed by atoms with Crippen molar-refractivity contribution >= 4 is 11.6 Å². The maximum atomic E-state index is 6.07. The highest BCUT2D eigenvalue weighted by atomic mass is 35.5. The van der Waals surface area contributed by atoms with Gasteiger partial charge in [0.1, 0.15) is 0 Å². The van der Waals surface area contributed by atoms with E-state index in [0.29, 0.717) is 10.9 Å². The van der Waals surface area contributed by atoms with Crippen LogP contribution in [0.2, 0.25) is 5.02 Å². The molecule has 2 atom stereocenters. The number of halogens is 1. The predicted octanol–water partition coefficient (Wildman–Crippen LogP) is 3.09. The smallest absolute Gasteiger partial charge is 0.0591 e. The molecule has 0 fully saturated rings. The first-order chi connectivity index (χ1) is 6.54. The molecule has 0 unspecified atom stereocenters. The number of aromatic nitrogens is 1. The van der Waals surface area contributed by atoms with Crippen LogP contribution in [0.4, 0.5) is 0 Å². The minimum atomic E-state index is -0.0163. The van der Waals surface area contributed by atoms with Gasteiger partial charge in [0.05, 0.1) is 5.69 Å². The third kappa shape index (κ3) is 2.69. The van der Waals surface area contributed by atoms with Gasteiger partial charge in [-0.2, -0.15) is 0 Å². The Kier molecular flexibility index (Phi) is 3.90. The molecule has 0 bridgehead atoms. The molecular formula is C11H17ClN2. The third-order valence-corrected chi connectivity index (χ3v) is 2.75. The van der Waals surface area contributed by atoms with Crippen molar-refractivity contribution in [3.8, 4) is 0 Å². The van der Waals surface area contributed by atoms with Crippen LogP contribution < -0.4 is 5.73 Å². The molecule has 1 heterocycles. The van der Waals surface area contributed by atoms with Crippen LogP contribution in [0, 0.1) is 12.8 Å². The maximum Gasteiger partial charge on any atom is 0.0591 e. The van der Waals surface area contributed by atoms with Crippen LogP contribution in [-0.4, -0.2) is 4.98 Å². The fourth-order valence-corrected chi connectivity index (χ4v) is 1.64. The summed E-state index contributed by atoms with van der Waals surface area (Å²) in [7, 11) is 0. The first-order valence-corrected chi connectivity index (χ1v) is 5.32. The lowest BCUT2D eigenvalue weighted by Gasteiger charge is -2.18. The molecule has 2 N–H and O–H groups in total. The van der Waals surface area contributed by atoms with E-state index < -0.39 is 0 Å². The Morgan fingerprint density at radius 1 is 1.50 bits per heavy atom. The minimum absolute atomic E-state index is 0.0163. The first-order valence-electron chi connectivity index (χ1n) is 4.94. The lowest BCUT2D eigenvalue weighted by molar-refractivity contribution is 0.448. The van der Waals surface area contributed by atoms with E-state index in [9.17, 15) is 0 Å². The minimum Gasteiger partial charge on any atom is -0.322 e. The van der Waals surface area contributed by atoms with E-state index in [0.717, 1.165) is 17.8 Å². The van der Waals surface area contributed by atoms with Gasteiger partial charge in [0.25, 0.3) is 0 Å². The van der Waals surface area contributed by atoms with Gasteiger partial charge in [-0.1, -0.05) is 31.9 Å². The fourth-order valence-electron chi connectivity index (χ4n) is 1.37. The van der Waals surface area contributed by atoms with Gasteiger partial charge >= 0.3 is 0 Å². The summed E-state index contributed by atoms with van der Waals surface area (Å²) in [6.07, 6.45) is 1.05. The largest absolute Gasteiger partial charge is 0.322 e. The van der Waals surface area contributed by atoms with Crippen molar-refractivity contribution in [2.24, 2.45) is 11.7 Å². The second-order valence-corrected chi connectivity index (χ2v) is 4.20. The SMILES string of the molecule is CC[C@H](C)[C@H](N)c1cc(Cl)cc(C)n1. The van der Waals surface area contributed by atoms with Gasteiger partial charge in [-0.25, -0.2) is 0 Å². The Labute approximate surface area is 90.5 Å². The molecule has 1 rings (SSSR count). The van der Waals surface area contributed by atoms with Crippen molar-refractivity contribution in [2.45, 2.75) is 33.2 Å². The molecule has 1 aromatic heterocycles. The predicted molar refractivity (Wildman–Crippen MR) is 60.4 cm³/mol. The summed E-state index contributed by atoms with van der Waals surface area (Å²) < 4.78 is 0. The van der Waals surface area contributed by atoms with E-state index in [2.05, 4.69) is 18.8 Å². The van der Waals surface area contributed by atoms with E-state index >= 15 is 0 Å². The Morgan fingerprint density at radius 3 is 2.64 bits per heavy atom. The zero-order chi connectivity index (χ0) is 10.7. The normalized spacial score (nSPS) is 15.2. The van der Waals surface area contributed by atoms with Crippen molar-refractivity contribution in [2.75, 3.05) is 0 Å². The van der Waals surface area contributed by atoms with E-state index in [1.54, 1.807) is 0 Å². The summed E-state index contributed by atoms with van der Waals surface area (Å²) in [4.78, 5) is 4.39. The molecule has 0 aliphatic rings. The Hall–Kier alpha value is -0.600. The highest BCUT2D eigenvalue weighted by molar-refractivity contribution is 6.30. The second-order valence-electron chi connectivity index (χ2n) is 3.76. The van der Waals surface area contributed by atoms with Crippen molar-refractivity contribution in [3.05, 3.63) is 28.5 Å². The molecule has 0 radical (unpaired) electrons. The summed E-state index contributed by atoms with van der Waals surface area (Å²) in [5.74, 6) is 0.431. The van der Waals surface area contributed by atoms with Crippen LogP contribution in [0.5, 0.6) is 0 Å². The molecule has 78 valence electrons. The lowest BCUT2D eigenvalue weighted by Crippen LogP contribution is -2.20. The van der Waals surface area contributed by atoms with Crippen LogP contribution >= 0.6 is 11.6 Å². The van der Waals surface area contributed by atoms with Gasteiger partial charge in [0.15, 0.2) is 0 Å². The van der Waals surface area contributed by atoms with Gasteiger partial charge in [0, 0.05) is 16.8 Å². The summed E-state index contributed by atoms with van der Waals surface area (Å²) >= 11 is 5.95. The first kappa shape index (κ1) is 11.5. The summed E-state index contributed by atoms with van der Waals surface area (Å²) in [5.41, 5.74) is 7.88. The molecular weight excluding hydrogens is 196 g/mol. The van der Waals surface area contributed by atoms with Gasteiger partial charge in [-0.05, 0) is 25.0 Å². The molecule has 0 saturated heterocycles. The standard InChI is InChI=1S/C11H17ClN2/c1-4-7(2)11(13)10-6-9(12)5-8(3)14-10/h5-7,11H,4,13H2,1-3H3/t7-,11-/m0/s1. The number of nitrogens with two attached hydrogens (primary N) is 1. The molecule has 0 aliphatic carbocycles. The average Bonchev–Trinajstić information content (AvgIpc) is 2.14. The number of aryl methyl sites for hydroxylation is 1. The maximum absolute atomic E-state index is 6.07. The topological polar surface area (TPSA) is 38.9 Å². The number of rotatable bonds is 3. The van der Waals surface area contributed by atoms with Crippen LogP contribution in [-0.2, 0) is 0 Å². The molecule has 0 saturated carbocycles. The highest BCUT2D eigenvalue weighted by Crippen LogP contribution is 2.22. The number of hydrogen-bond acceptors (Lipinski definition) is 2. The Balaban J connectivity index is 2.94. The van der Waals surface area contributed by atoms with Crippen molar-refractivity contribution in [1.82, 2.24) is 4.98 Å². The van der Waals surface area contributed by atoms with Crippen LogP contribution in [0.15, 0.2) is 12.1 Å². The monoisotopic (exact) mass is 212 g/mol. The molecule has 3 heteroatoms. The van der Waals surface area contributed by atoms with Crippen LogP contribution in [0.25, 0.3) is 0 Å². The average molecular weight is 213 g/mol. The van der Waals surface area contributed by atoms with Crippen molar-refractivity contribution in [3.63, 3.8) is 0 Å². The number of nitrogens with zero attached hydrogens (tertiary/aromatic N) is 1. The molecule has 14 heavy (non-hydrogen) atoms. The van der Waals surface area contributed by atoms with Crippen molar-refractivity contribution < 1.29 is 0 Å². The fraction of sp³-hybridized carbons (Fsp3) is 0.545. The Morgan fingerprint density at radius 2 is 2.14 bits per heavy atom. The number of pyridine rings is 1. The lowest BCUT2D eigenvalue weighted by atomic mass is 9.97. The zero-order valence-electron chi connectivity index (χ0n) is 8.92. The summed E-state index contributed by atoms with van der Waals surface area (Å²) in [6.45, 7) is 6.18. The molecule has 1 aromatic rings. The third-order valence-electron chi connectivity index (χ3n) is 2.54. The molecule has 0 amide bonds. The van der Waals surface area contributed by atoms with Crippen molar-refractivity contribution in [1.29, 1.82) is 0 Å².